The van der Waals surface area contributed by atoms with Crippen molar-refractivity contribution in [3.05, 3.63) is 35.4 Å². The first-order chi connectivity index (χ1) is 9.36. The van der Waals surface area contributed by atoms with Gasteiger partial charge in [-0.05, 0) is 37.8 Å². The van der Waals surface area contributed by atoms with Gasteiger partial charge in [-0.1, -0.05) is 38.1 Å². The lowest BCUT2D eigenvalue weighted by Crippen LogP contribution is -2.53. The Labute approximate surface area is 124 Å². The average molecular weight is 274 g/mol. The zero-order valence-electron chi connectivity index (χ0n) is 13.8. The third-order valence-corrected chi connectivity index (χ3v) is 4.37. The summed E-state index contributed by atoms with van der Waals surface area (Å²) in [6.07, 6.45) is 0. The fourth-order valence-corrected chi connectivity index (χ4v) is 2.84. The Morgan fingerprint density at radius 2 is 1.50 bits per heavy atom. The van der Waals surface area contributed by atoms with Gasteiger partial charge in [-0.15, -0.1) is 0 Å². The van der Waals surface area contributed by atoms with Crippen LogP contribution in [0.15, 0.2) is 24.3 Å². The minimum atomic E-state index is 0.311. The molecule has 0 unspecified atom stereocenters. The molecule has 112 valence electrons. The van der Waals surface area contributed by atoms with E-state index in [-0.39, 0.29) is 0 Å². The van der Waals surface area contributed by atoms with Gasteiger partial charge >= 0.3 is 0 Å². The van der Waals surface area contributed by atoms with Gasteiger partial charge in [0.05, 0.1) is 0 Å². The molecule has 0 aliphatic carbocycles. The molecule has 1 aliphatic heterocycles. The maximum absolute atomic E-state index is 2.59. The van der Waals surface area contributed by atoms with E-state index in [1.54, 1.807) is 0 Å². The lowest BCUT2D eigenvalue weighted by molar-refractivity contribution is 0.0591. The lowest BCUT2D eigenvalue weighted by Gasteiger charge is -2.42. The zero-order chi connectivity index (χ0) is 14.8. The van der Waals surface area contributed by atoms with Crippen molar-refractivity contribution in [3.8, 4) is 0 Å². The Hall–Kier alpha value is -0.860. The molecule has 1 saturated heterocycles. The van der Waals surface area contributed by atoms with E-state index in [9.17, 15) is 0 Å². The summed E-state index contributed by atoms with van der Waals surface area (Å²) in [4.78, 5) is 5.16. The molecule has 2 heteroatoms. The van der Waals surface area contributed by atoms with Crippen molar-refractivity contribution in [2.24, 2.45) is 0 Å². The second-order valence-electron chi connectivity index (χ2n) is 7.33. The first kappa shape index (κ1) is 15.5. The molecule has 1 aromatic carbocycles. The number of piperazine rings is 1. The maximum atomic E-state index is 2.59. The first-order valence-corrected chi connectivity index (χ1v) is 7.92. The van der Waals surface area contributed by atoms with Gasteiger partial charge < -0.3 is 0 Å². The highest BCUT2D eigenvalue weighted by atomic mass is 15.3. The molecule has 0 aromatic heterocycles. The Kier molecular flexibility index (Phi) is 4.87. The van der Waals surface area contributed by atoms with Crippen molar-refractivity contribution in [2.75, 3.05) is 26.2 Å². The first-order valence-electron chi connectivity index (χ1n) is 7.92. The van der Waals surface area contributed by atoms with Crippen LogP contribution >= 0.6 is 0 Å². The quantitative estimate of drug-likeness (QED) is 0.829. The molecule has 1 heterocycles. The van der Waals surface area contributed by atoms with Gasteiger partial charge in [0.2, 0.25) is 0 Å². The monoisotopic (exact) mass is 274 g/mol. The molecule has 0 amide bonds. The van der Waals surface area contributed by atoms with Crippen LogP contribution in [0.3, 0.4) is 0 Å². The molecule has 2 nitrogen and oxygen atoms in total. The topological polar surface area (TPSA) is 6.48 Å². The molecule has 0 bridgehead atoms. The molecule has 0 N–H and O–H groups in total. The van der Waals surface area contributed by atoms with Gasteiger partial charge in [0.15, 0.2) is 0 Å². The molecule has 1 fully saturated rings. The van der Waals surface area contributed by atoms with Crippen LogP contribution < -0.4 is 0 Å². The predicted molar refractivity (Wildman–Crippen MR) is 87.1 cm³/mol. The molecule has 0 saturated carbocycles. The van der Waals surface area contributed by atoms with Crippen LogP contribution in [0.5, 0.6) is 0 Å². The summed E-state index contributed by atoms with van der Waals surface area (Å²) in [6.45, 7) is 17.3. The molecular formula is C18H30N2. The van der Waals surface area contributed by atoms with E-state index in [4.69, 9.17) is 0 Å². The van der Waals surface area contributed by atoms with Crippen LogP contribution in [-0.2, 0) is 6.54 Å². The van der Waals surface area contributed by atoms with Crippen LogP contribution in [0.25, 0.3) is 0 Å². The molecule has 0 atom stereocenters. The van der Waals surface area contributed by atoms with Gasteiger partial charge in [0.25, 0.3) is 0 Å². The summed E-state index contributed by atoms with van der Waals surface area (Å²) in [5.41, 5.74) is 3.19. The predicted octanol–water partition coefficient (Wildman–Crippen LogP) is 3.73. The Bertz CT molecular complexity index is 406. The third-order valence-electron chi connectivity index (χ3n) is 4.37. The van der Waals surface area contributed by atoms with E-state index in [1.165, 1.54) is 37.3 Å². The van der Waals surface area contributed by atoms with E-state index in [0.29, 0.717) is 11.5 Å². The minimum absolute atomic E-state index is 0.311. The van der Waals surface area contributed by atoms with Crippen LogP contribution in [-0.4, -0.2) is 41.5 Å². The molecule has 2 rings (SSSR count). The number of hydrogen-bond donors (Lipinski definition) is 0. The van der Waals surface area contributed by atoms with Crippen molar-refractivity contribution in [2.45, 2.75) is 52.6 Å². The summed E-state index contributed by atoms with van der Waals surface area (Å²) in [7, 11) is 0. The highest BCUT2D eigenvalue weighted by Gasteiger charge is 2.25. The fourth-order valence-electron chi connectivity index (χ4n) is 2.84. The Morgan fingerprint density at radius 1 is 0.950 bits per heavy atom. The maximum Gasteiger partial charge on any atom is 0.0234 e. The molecular weight excluding hydrogens is 244 g/mol. The molecule has 0 radical (unpaired) electrons. The summed E-state index contributed by atoms with van der Waals surface area (Å²) in [6, 6.07) is 9.16. The highest BCUT2D eigenvalue weighted by molar-refractivity contribution is 5.24. The summed E-state index contributed by atoms with van der Waals surface area (Å²) in [5.74, 6) is 0.624. The van der Waals surface area contributed by atoms with Crippen LogP contribution in [0.2, 0.25) is 0 Å². The zero-order valence-corrected chi connectivity index (χ0v) is 13.8. The molecule has 20 heavy (non-hydrogen) atoms. The van der Waals surface area contributed by atoms with Gasteiger partial charge in [-0.2, -0.15) is 0 Å². The average Bonchev–Trinajstić information content (AvgIpc) is 2.39. The van der Waals surface area contributed by atoms with Gasteiger partial charge in [0.1, 0.15) is 0 Å². The summed E-state index contributed by atoms with van der Waals surface area (Å²) >= 11 is 0. The fraction of sp³-hybridized carbons (Fsp3) is 0.667. The molecule has 0 spiro atoms. The van der Waals surface area contributed by atoms with E-state index in [1.807, 2.05) is 0 Å². The smallest absolute Gasteiger partial charge is 0.0234 e. The number of nitrogens with zero attached hydrogens (tertiary/aromatic N) is 2. The van der Waals surface area contributed by atoms with Crippen LogP contribution in [0.1, 0.15) is 51.7 Å². The van der Waals surface area contributed by atoms with Crippen LogP contribution in [0.4, 0.5) is 0 Å². The SMILES string of the molecule is CC(C)c1ccc(CN2CCN(C(C)(C)C)CC2)cc1. The Morgan fingerprint density at radius 3 is 1.95 bits per heavy atom. The van der Waals surface area contributed by atoms with Gasteiger partial charge in [-0.25, -0.2) is 0 Å². The normalized spacial score (nSPS) is 18.7. The summed E-state index contributed by atoms with van der Waals surface area (Å²) < 4.78 is 0. The second-order valence-corrected chi connectivity index (χ2v) is 7.33. The number of hydrogen-bond acceptors (Lipinski definition) is 2. The van der Waals surface area contributed by atoms with Crippen molar-refractivity contribution >= 4 is 0 Å². The van der Waals surface area contributed by atoms with Crippen molar-refractivity contribution in [1.29, 1.82) is 0 Å². The standard InChI is InChI=1S/C18H30N2/c1-15(2)17-8-6-16(7-9-17)14-19-10-12-20(13-11-19)18(3,4)5/h6-9,15H,10-14H2,1-5H3. The van der Waals surface area contributed by atoms with Crippen molar-refractivity contribution in [1.82, 2.24) is 9.80 Å². The van der Waals surface area contributed by atoms with Gasteiger partial charge in [0, 0.05) is 38.3 Å². The van der Waals surface area contributed by atoms with Gasteiger partial charge in [-0.3, -0.25) is 9.80 Å². The van der Waals surface area contributed by atoms with E-state index >= 15 is 0 Å². The highest BCUT2D eigenvalue weighted by Crippen LogP contribution is 2.18. The lowest BCUT2D eigenvalue weighted by atomic mass is 10.0. The minimum Gasteiger partial charge on any atom is -0.297 e. The van der Waals surface area contributed by atoms with Crippen molar-refractivity contribution < 1.29 is 0 Å². The molecule has 1 aromatic rings. The Balaban J connectivity index is 1.86. The van der Waals surface area contributed by atoms with E-state index in [2.05, 4.69) is 68.7 Å². The van der Waals surface area contributed by atoms with E-state index in [0.717, 1.165) is 6.54 Å². The second kappa shape index (κ2) is 6.28. The number of benzene rings is 1. The van der Waals surface area contributed by atoms with Crippen molar-refractivity contribution in [3.63, 3.8) is 0 Å². The third kappa shape index (κ3) is 4.07. The summed E-state index contributed by atoms with van der Waals surface area (Å²) in [5, 5.41) is 0. The largest absolute Gasteiger partial charge is 0.297 e. The van der Waals surface area contributed by atoms with E-state index < -0.39 is 0 Å². The van der Waals surface area contributed by atoms with Crippen LogP contribution in [0, 0.1) is 0 Å². The molecule has 1 aliphatic rings. The number of rotatable bonds is 3.